The van der Waals surface area contributed by atoms with Crippen LogP contribution in [-0.4, -0.2) is 16.1 Å². The van der Waals surface area contributed by atoms with Gasteiger partial charge in [0.2, 0.25) is 5.82 Å². The highest BCUT2D eigenvalue weighted by molar-refractivity contribution is 5.94. The van der Waals surface area contributed by atoms with Crippen LogP contribution in [0.3, 0.4) is 0 Å². The number of nitrogens with one attached hydrogen (secondary N) is 1. The summed E-state index contributed by atoms with van der Waals surface area (Å²) in [4.78, 5) is 11.7. The van der Waals surface area contributed by atoms with Gasteiger partial charge in [0.25, 0.3) is 5.91 Å². The average Bonchev–Trinajstić information content (AvgIpc) is 2.46. The van der Waals surface area contributed by atoms with Gasteiger partial charge in [0.05, 0.1) is 5.56 Å². The first-order valence-corrected chi connectivity index (χ1v) is 5.82. The Labute approximate surface area is 117 Å². The second-order valence-corrected chi connectivity index (χ2v) is 4.24. The highest BCUT2D eigenvalue weighted by Crippen LogP contribution is 2.25. The minimum Gasteiger partial charge on any atom is -0.508 e. The SMILES string of the molecule is O=C(NCc1cccc(O)c1)c1cc(F)c(F)c(O)c1F. The number of rotatable bonds is 3. The van der Waals surface area contributed by atoms with Gasteiger partial charge in [-0.05, 0) is 23.8 Å². The predicted octanol–water partition coefficient (Wildman–Crippen LogP) is 2.45. The normalized spacial score (nSPS) is 10.4. The van der Waals surface area contributed by atoms with Gasteiger partial charge in [-0.1, -0.05) is 12.1 Å². The summed E-state index contributed by atoms with van der Waals surface area (Å²) < 4.78 is 39.5. The number of hydrogen-bond donors (Lipinski definition) is 3. The largest absolute Gasteiger partial charge is 0.508 e. The van der Waals surface area contributed by atoms with Crippen molar-refractivity contribution in [2.75, 3.05) is 0 Å². The topological polar surface area (TPSA) is 69.6 Å². The van der Waals surface area contributed by atoms with Crippen molar-refractivity contribution in [3.63, 3.8) is 0 Å². The summed E-state index contributed by atoms with van der Waals surface area (Å²) in [5, 5.41) is 20.5. The minimum atomic E-state index is -1.75. The molecule has 3 N–H and O–H groups in total. The lowest BCUT2D eigenvalue weighted by molar-refractivity contribution is 0.0945. The number of aromatic hydroxyl groups is 2. The van der Waals surface area contributed by atoms with Crippen molar-refractivity contribution in [1.82, 2.24) is 5.32 Å². The van der Waals surface area contributed by atoms with E-state index in [1.165, 1.54) is 12.1 Å². The molecule has 2 rings (SSSR count). The Kier molecular flexibility index (Phi) is 4.02. The molecular weight excluding hydrogens is 287 g/mol. The maximum atomic E-state index is 13.5. The van der Waals surface area contributed by atoms with Gasteiger partial charge in [-0.2, -0.15) is 4.39 Å². The lowest BCUT2D eigenvalue weighted by Gasteiger charge is -2.08. The Bertz CT molecular complexity index is 704. The molecule has 0 heterocycles. The van der Waals surface area contributed by atoms with Gasteiger partial charge in [0.15, 0.2) is 17.4 Å². The van der Waals surface area contributed by atoms with Crippen LogP contribution in [-0.2, 0) is 6.54 Å². The van der Waals surface area contributed by atoms with Crippen LogP contribution in [0.2, 0.25) is 0 Å². The van der Waals surface area contributed by atoms with Crippen molar-refractivity contribution in [3.8, 4) is 11.5 Å². The highest BCUT2D eigenvalue weighted by Gasteiger charge is 2.22. The van der Waals surface area contributed by atoms with Gasteiger partial charge in [-0.3, -0.25) is 4.79 Å². The fourth-order valence-corrected chi connectivity index (χ4v) is 1.70. The lowest BCUT2D eigenvalue weighted by Crippen LogP contribution is -2.24. The van der Waals surface area contributed by atoms with Gasteiger partial charge in [-0.15, -0.1) is 0 Å². The molecule has 0 atom stereocenters. The van der Waals surface area contributed by atoms with Gasteiger partial charge < -0.3 is 15.5 Å². The summed E-state index contributed by atoms with van der Waals surface area (Å²) in [6.45, 7) is -0.0631. The van der Waals surface area contributed by atoms with Crippen molar-refractivity contribution >= 4 is 5.91 Å². The second kappa shape index (κ2) is 5.74. The zero-order valence-electron chi connectivity index (χ0n) is 10.5. The molecule has 21 heavy (non-hydrogen) atoms. The van der Waals surface area contributed by atoms with Crippen molar-refractivity contribution < 1.29 is 28.2 Å². The van der Waals surface area contributed by atoms with Crippen molar-refractivity contribution in [3.05, 3.63) is 58.9 Å². The van der Waals surface area contributed by atoms with E-state index >= 15 is 0 Å². The molecule has 0 aliphatic rings. The van der Waals surface area contributed by atoms with Crippen LogP contribution in [0.15, 0.2) is 30.3 Å². The summed E-state index contributed by atoms with van der Waals surface area (Å²) in [6.07, 6.45) is 0. The summed E-state index contributed by atoms with van der Waals surface area (Å²) >= 11 is 0. The van der Waals surface area contributed by atoms with Crippen LogP contribution in [0, 0.1) is 17.5 Å². The van der Waals surface area contributed by atoms with Crippen LogP contribution in [0.1, 0.15) is 15.9 Å². The smallest absolute Gasteiger partial charge is 0.254 e. The fourth-order valence-electron chi connectivity index (χ4n) is 1.70. The third kappa shape index (κ3) is 3.07. The number of hydrogen-bond acceptors (Lipinski definition) is 3. The van der Waals surface area contributed by atoms with Gasteiger partial charge in [0, 0.05) is 6.54 Å². The van der Waals surface area contributed by atoms with Gasteiger partial charge in [-0.25, -0.2) is 8.78 Å². The zero-order valence-corrected chi connectivity index (χ0v) is 10.5. The highest BCUT2D eigenvalue weighted by atomic mass is 19.2. The molecule has 1 amide bonds. The molecule has 0 aliphatic carbocycles. The molecule has 2 aromatic rings. The third-order valence-corrected chi connectivity index (χ3v) is 2.74. The van der Waals surface area contributed by atoms with Crippen molar-refractivity contribution in [2.45, 2.75) is 6.54 Å². The number of phenols is 2. The molecule has 2 aromatic carbocycles. The molecule has 4 nitrogen and oxygen atoms in total. The zero-order chi connectivity index (χ0) is 15.6. The average molecular weight is 297 g/mol. The number of carbonyl (C=O) groups is 1. The number of halogens is 3. The molecule has 0 saturated heterocycles. The number of carbonyl (C=O) groups excluding carboxylic acids is 1. The summed E-state index contributed by atoms with van der Waals surface area (Å²) in [7, 11) is 0. The van der Waals surface area contributed by atoms with Crippen LogP contribution in [0.25, 0.3) is 0 Å². The molecular formula is C14H10F3NO3. The molecule has 0 unspecified atom stereocenters. The minimum absolute atomic E-state index is 0.0154. The van der Waals surface area contributed by atoms with Crippen LogP contribution in [0.5, 0.6) is 11.5 Å². The molecule has 0 spiro atoms. The van der Waals surface area contributed by atoms with Crippen LogP contribution in [0.4, 0.5) is 13.2 Å². The standard InChI is InChI=1S/C14H10F3NO3/c15-10-5-9(11(16)13(20)12(10)17)14(21)18-6-7-2-1-3-8(19)4-7/h1-5,19-20H,6H2,(H,18,21). The summed E-state index contributed by atoms with van der Waals surface area (Å²) in [5.41, 5.74) is -0.290. The monoisotopic (exact) mass is 297 g/mol. The Hall–Kier alpha value is -2.70. The maximum Gasteiger partial charge on any atom is 0.254 e. The summed E-state index contributed by atoms with van der Waals surface area (Å²) in [5.74, 6) is -7.41. The quantitative estimate of drug-likeness (QED) is 0.762. The molecule has 0 saturated carbocycles. The first kappa shape index (κ1) is 14.7. The summed E-state index contributed by atoms with van der Waals surface area (Å²) in [6, 6.07) is 6.31. The third-order valence-electron chi connectivity index (χ3n) is 2.74. The fraction of sp³-hybridized carbons (Fsp3) is 0.0714. The first-order chi connectivity index (χ1) is 9.90. The Morgan fingerprint density at radius 1 is 1.10 bits per heavy atom. The molecule has 110 valence electrons. The van der Waals surface area contributed by atoms with E-state index in [0.717, 1.165) is 0 Å². The van der Waals surface area contributed by atoms with E-state index in [-0.39, 0.29) is 12.3 Å². The van der Waals surface area contributed by atoms with Crippen molar-refractivity contribution in [2.24, 2.45) is 0 Å². The van der Waals surface area contributed by atoms with E-state index in [1.807, 2.05) is 0 Å². The van der Waals surface area contributed by atoms with Crippen molar-refractivity contribution in [1.29, 1.82) is 0 Å². The van der Waals surface area contributed by atoms with E-state index in [4.69, 9.17) is 5.11 Å². The lowest BCUT2D eigenvalue weighted by atomic mass is 10.1. The number of benzene rings is 2. The molecule has 0 aliphatic heterocycles. The van der Waals surface area contributed by atoms with Crippen LogP contribution < -0.4 is 5.32 Å². The number of phenolic OH excluding ortho intramolecular Hbond substituents is 2. The Morgan fingerprint density at radius 2 is 1.81 bits per heavy atom. The Balaban J connectivity index is 2.18. The molecule has 0 fully saturated rings. The molecule has 0 aromatic heterocycles. The maximum absolute atomic E-state index is 13.5. The van der Waals surface area contributed by atoms with Crippen LogP contribution >= 0.6 is 0 Å². The van der Waals surface area contributed by atoms with E-state index in [1.54, 1.807) is 12.1 Å². The first-order valence-electron chi connectivity index (χ1n) is 5.82. The van der Waals surface area contributed by atoms with E-state index in [0.29, 0.717) is 11.6 Å². The number of amides is 1. The molecule has 0 radical (unpaired) electrons. The molecule has 0 bridgehead atoms. The van der Waals surface area contributed by atoms with Gasteiger partial charge in [0.1, 0.15) is 5.75 Å². The predicted molar refractivity (Wildman–Crippen MR) is 67.3 cm³/mol. The van der Waals surface area contributed by atoms with E-state index in [2.05, 4.69) is 5.32 Å². The van der Waals surface area contributed by atoms with Gasteiger partial charge >= 0.3 is 0 Å². The Morgan fingerprint density at radius 3 is 2.48 bits per heavy atom. The molecule has 7 heteroatoms. The van der Waals surface area contributed by atoms with E-state index < -0.39 is 34.7 Å². The van der Waals surface area contributed by atoms with E-state index in [9.17, 15) is 23.1 Å². The second-order valence-electron chi connectivity index (χ2n) is 4.24.